The summed E-state index contributed by atoms with van der Waals surface area (Å²) in [4.78, 5) is 0. The smallest absolute Gasteiger partial charge is 0.275 e. The predicted octanol–water partition coefficient (Wildman–Crippen LogP) is 3.13. The van der Waals surface area contributed by atoms with Crippen molar-refractivity contribution < 1.29 is 8.37 Å². The topological polar surface area (TPSA) is 18.5 Å². The van der Waals surface area contributed by atoms with Crippen LogP contribution in [0.4, 0.5) is 0 Å². The highest BCUT2D eigenvalue weighted by molar-refractivity contribution is 8.92. The molecule has 0 bridgehead atoms. The molecule has 60 valence electrons. The lowest BCUT2D eigenvalue weighted by molar-refractivity contribution is 0.406. The first kappa shape index (κ1) is 11.1. The van der Waals surface area contributed by atoms with Crippen LogP contribution in [0.1, 0.15) is 13.8 Å². The zero-order chi connectivity index (χ0) is 7.82. The minimum atomic E-state index is -0.620. The van der Waals surface area contributed by atoms with Gasteiger partial charge in [0, 0.05) is 0 Å². The van der Waals surface area contributed by atoms with E-state index in [0.29, 0.717) is 13.2 Å². The Hall–Kier alpha value is 1.14. The molecule has 0 radical (unpaired) electrons. The number of rotatable bonds is 6. The molecule has 0 atom stereocenters. The van der Waals surface area contributed by atoms with Crippen LogP contribution >= 0.6 is 28.4 Å². The Morgan fingerprint density at radius 3 is 1.90 bits per heavy atom. The molecule has 0 spiro atoms. The van der Waals surface area contributed by atoms with Gasteiger partial charge in [0.15, 0.2) is 11.8 Å². The third kappa shape index (κ3) is 7.25. The summed E-state index contributed by atoms with van der Waals surface area (Å²) in [6.45, 7) is 5.29. The van der Waals surface area contributed by atoms with E-state index < -0.39 is 5.10 Å². The van der Waals surface area contributed by atoms with Gasteiger partial charge in [0.25, 0.3) is 23.3 Å². The van der Waals surface area contributed by atoms with Crippen LogP contribution in [0.5, 0.6) is 0 Å². The molecule has 2 nitrogen and oxygen atoms in total. The van der Waals surface area contributed by atoms with Crippen molar-refractivity contribution >= 4 is 40.2 Å². The summed E-state index contributed by atoms with van der Waals surface area (Å²) in [5.74, 6) is 0. The van der Waals surface area contributed by atoms with Crippen LogP contribution in [-0.4, -0.2) is 13.2 Å². The van der Waals surface area contributed by atoms with Crippen molar-refractivity contribution in [3.63, 3.8) is 0 Å². The quantitative estimate of drug-likeness (QED) is 0.501. The molecule has 0 amide bonds. The number of hydrogen-bond donors (Lipinski definition) is 0. The minimum absolute atomic E-state index is 0.620. The zero-order valence-corrected chi connectivity index (χ0v) is 9.25. The van der Waals surface area contributed by atoms with Gasteiger partial charge in [0.1, 0.15) is 0 Å². The molecular weight excluding hydrogens is 207 g/mol. The molecule has 0 saturated carbocycles. The maximum atomic E-state index is 5.03. The lowest BCUT2D eigenvalue weighted by Crippen LogP contribution is -1.73. The molecule has 0 aliphatic carbocycles. The first-order valence-electron chi connectivity index (χ1n) is 2.87. The van der Waals surface area contributed by atoms with Crippen molar-refractivity contribution in [2.24, 2.45) is 0 Å². The molecule has 0 rings (SSSR count). The van der Waals surface area contributed by atoms with Gasteiger partial charge in [-0.25, -0.2) is 0 Å². The molecule has 0 unspecified atom stereocenters. The van der Waals surface area contributed by atoms with Crippen molar-refractivity contribution in [3.8, 4) is 0 Å². The van der Waals surface area contributed by atoms with E-state index in [0.717, 1.165) is 0 Å². The van der Waals surface area contributed by atoms with Crippen molar-refractivity contribution in [1.82, 2.24) is 0 Å². The monoisotopic (exact) mass is 217 g/mol. The maximum absolute atomic E-state index is 5.03. The van der Waals surface area contributed by atoms with Crippen LogP contribution in [-0.2, 0) is 20.2 Å². The fourth-order valence-electron chi connectivity index (χ4n) is 0.204. The summed E-state index contributed by atoms with van der Waals surface area (Å²) in [6.07, 6.45) is 0. The van der Waals surface area contributed by atoms with Gasteiger partial charge in [-0.2, -0.15) is 0 Å². The molecule has 0 aromatic carbocycles. The summed E-state index contributed by atoms with van der Waals surface area (Å²) in [7, 11) is 0. The van der Waals surface area contributed by atoms with E-state index in [1.165, 1.54) is 23.3 Å². The Kier molecular flexibility index (Phi) is 9.18. The molecule has 0 aromatic rings. The second-order valence-corrected chi connectivity index (χ2v) is 8.66. The molecule has 0 aromatic heterocycles. The largest absolute Gasteiger partial charge is 0.377 e. The van der Waals surface area contributed by atoms with Gasteiger partial charge < -0.3 is 0 Å². The highest BCUT2D eigenvalue weighted by Crippen LogP contribution is 2.51. The standard InChI is InChI=1S/C4H10O2PS3/c1-3-5-9-7(8)10-6-4-2/h3-4H2,1-2H3/q+1. The molecule has 0 aliphatic heterocycles. The molecule has 0 saturated heterocycles. The average molecular weight is 217 g/mol. The minimum Gasteiger partial charge on any atom is -0.275 e. The van der Waals surface area contributed by atoms with E-state index in [9.17, 15) is 0 Å². The first-order chi connectivity index (χ1) is 4.81. The van der Waals surface area contributed by atoms with E-state index in [-0.39, 0.29) is 0 Å². The molecule has 0 fully saturated rings. The summed E-state index contributed by atoms with van der Waals surface area (Å²) < 4.78 is 10.1. The van der Waals surface area contributed by atoms with E-state index in [2.05, 4.69) is 0 Å². The number of hydrogen-bond acceptors (Lipinski definition) is 5. The van der Waals surface area contributed by atoms with E-state index in [1.807, 2.05) is 13.8 Å². The van der Waals surface area contributed by atoms with Crippen LogP contribution in [0.25, 0.3) is 0 Å². The van der Waals surface area contributed by atoms with Gasteiger partial charge >= 0.3 is 5.10 Å². The zero-order valence-electron chi connectivity index (χ0n) is 5.90. The van der Waals surface area contributed by atoms with Crippen LogP contribution in [0, 0.1) is 0 Å². The second kappa shape index (κ2) is 8.24. The highest BCUT2D eigenvalue weighted by Gasteiger charge is 2.15. The average Bonchev–Trinajstić information content (AvgIpc) is 1.97. The predicted molar refractivity (Wildman–Crippen MR) is 52.7 cm³/mol. The lowest BCUT2D eigenvalue weighted by Gasteiger charge is -1.87. The van der Waals surface area contributed by atoms with E-state index in [4.69, 9.17) is 20.2 Å². The SMILES string of the molecule is CCOS[P+](=S)SOCC. The molecule has 0 heterocycles. The lowest BCUT2D eigenvalue weighted by atomic mass is 10.9. The molecule has 10 heavy (non-hydrogen) atoms. The van der Waals surface area contributed by atoms with E-state index >= 15 is 0 Å². The fourth-order valence-corrected chi connectivity index (χ4v) is 3.61. The summed E-state index contributed by atoms with van der Waals surface area (Å²) in [6, 6.07) is 0. The van der Waals surface area contributed by atoms with Crippen molar-refractivity contribution in [2.45, 2.75) is 13.8 Å². The molecule has 0 aliphatic rings. The van der Waals surface area contributed by atoms with Crippen LogP contribution < -0.4 is 0 Å². The van der Waals surface area contributed by atoms with Crippen molar-refractivity contribution in [2.75, 3.05) is 13.2 Å². The van der Waals surface area contributed by atoms with Crippen molar-refractivity contribution in [3.05, 3.63) is 0 Å². The fraction of sp³-hybridized carbons (Fsp3) is 1.00. The summed E-state index contributed by atoms with van der Waals surface area (Å²) in [5.41, 5.74) is 0. The van der Waals surface area contributed by atoms with Gasteiger partial charge in [0.05, 0.1) is 13.2 Å². The van der Waals surface area contributed by atoms with Crippen molar-refractivity contribution in [1.29, 1.82) is 0 Å². The van der Waals surface area contributed by atoms with Crippen LogP contribution in [0.15, 0.2) is 0 Å². The van der Waals surface area contributed by atoms with Gasteiger partial charge in [-0.1, -0.05) is 0 Å². The third-order valence-electron chi connectivity index (χ3n) is 0.463. The third-order valence-corrected chi connectivity index (χ3v) is 4.94. The van der Waals surface area contributed by atoms with Crippen LogP contribution in [0.2, 0.25) is 0 Å². The Bertz CT molecular complexity index is 90.5. The van der Waals surface area contributed by atoms with Gasteiger partial charge in [0.2, 0.25) is 0 Å². The van der Waals surface area contributed by atoms with Gasteiger partial charge in [-0.15, -0.1) is 0 Å². The Labute approximate surface area is 75.8 Å². The Morgan fingerprint density at radius 1 is 1.20 bits per heavy atom. The Balaban J connectivity index is 3.09. The van der Waals surface area contributed by atoms with Crippen LogP contribution in [0.3, 0.4) is 0 Å². The molecule has 6 heteroatoms. The maximum Gasteiger partial charge on any atom is 0.377 e. The van der Waals surface area contributed by atoms with Gasteiger partial charge in [-0.05, 0) is 13.8 Å². The van der Waals surface area contributed by atoms with Gasteiger partial charge in [-0.3, -0.25) is 8.37 Å². The Morgan fingerprint density at radius 2 is 1.60 bits per heavy atom. The highest BCUT2D eigenvalue weighted by atomic mass is 33.2. The summed E-state index contributed by atoms with van der Waals surface area (Å²) in [5, 5.41) is -0.620. The molecule has 0 N–H and O–H groups in total. The normalized spacial score (nSPS) is 9.80. The second-order valence-electron chi connectivity index (χ2n) is 1.19. The molecular formula is C4H10O2PS3+. The first-order valence-corrected chi connectivity index (χ1v) is 7.92. The van der Waals surface area contributed by atoms with E-state index in [1.54, 1.807) is 0 Å². The summed E-state index contributed by atoms with van der Waals surface area (Å²) >= 11 is 7.68.